The smallest absolute Gasteiger partial charge is 0.262 e. The van der Waals surface area contributed by atoms with E-state index in [1.807, 2.05) is 6.07 Å². The molecule has 0 radical (unpaired) electrons. The zero-order valence-corrected chi connectivity index (χ0v) is 38.9. The second-order valence-corrected chi connectivity index (χ2v) is 18.3. The minimum Gasteiger partial charge on any atom is -0.496 e. The van der Waals surface area contributed by atoms with Crippen LogP contribution in [0.4, 0.5) is 21.5 Å². The Hall–Kier alpha value is -8.19. The molecule has 0 spiro atoms. The molecule has 3 N–H and O–H groups in total. The number of amides is 7. The van der Waals surface area contributed by atoms with Crippen LogP contribution in [-0.4, -0.2) is 138 Å². The Kier molecular flexibility index (Phi) is 12.4. The molecule has 5 aromatic rings. The largest absolute Gasteiger partial charge is 0.496 e. The number of carbonyl (C=O) groups excluding carboxylic acids is 7. The minimum absolute atomic E-state index is 0.0299. The summed E-state index contributed by atoms with van der Waals surface area (Å²) in [5.74, 6) is -1.73. The zero-order chi connectivity index (χ0) is 49.6. The molecule has 4 fully saturated rings. The number of piperazine rings is 2. The molecule has 18 nitrogen and oxygen atoms in total. The van der Waals surface area contributed by atoms with Gasteiger partial charge in [-0.25, -0.2) is 4.39 Å². The topological polar surface area (TPSA) is 203 Å². The van der Waals surface area contributed by atoms with Crippen LogP contribution in [0.3, 0.4) is 0 Å². The predicted octanol–water partition coefficient (Wildman–Crippen LogP) is 5.03. The van der Waals surface area contributed by atoms with Gasteiger partial charge in [0, 0.05) is 86.7 Å². The Morgan fingerprint density at radius 1 is 0.775 bits per heavy atom. The summed E-state index contributed by atoms with van der Waals surface area (Å²) in [4.78, 5) is 106. The van der Waals surface area contributed by atoms with Gasteiger partial charge in [-0.05, 0) is 111 Å². The molecule has 5 aliphatic rings. The summed E-state index contributed by atoms with van der Waals surface area (Å²) in [7, 11) is 1.48. The van der Waals surface area contributed by atoms with Crippen LogP contribution in [0.25, 0.3) is 10.9 Å². The monoisotopic (exact) mass is 963 g/mol. The maximum Gasteiger partial charge on any atom is 0.262 e. The molecule has 3 saturated heterocycles. The van der Waals surface area contributed by atoms with E-state index in [4.69, 9.17) is 9.47 Å². The third kappa shape index (κ3) is 9.23. The number of ether oxygens (including phenoxy) is 2. The summed E-state index contributed by atoms with van der Waals surface area (Å²) >= 11 is 0. The molecule has 5 heterocycles. The summed E-state index contributed by atoms with van der Waals surface area (Å²) in [6, 6.07) is 21.4. The number of nitrogens with one attached hydrogen (secondary N) is 3. The van der Waals surface area contributed by atoms with E-state index in [2.05, 4.69) is 37.3 Å². The van der Waals surface area contributed by atoms with E-state index in [0.29, 0.717) is 129 Å². The maximum absolute atomic E-state index is 14.0. The number of fused-ring (bicyclic) bond motifs is 2. The van der Waals surface area contributed by atoms with Crippen molar-refractivity contribution in [2.24, 2.45) is 5.41 Å². The zero-order valence-electron chi connectivity index (χ0n) is 38.9. The average molecular weight is 964 g/mol. The number of nitrogens with zero attached hydrogens (tertiary/aromatic N) is 6. The van der Waals surface area contributed by atoms with Gasteiger partial charge in [-0.3, -0.25) is 48.3 Å². The number of aromatic nitrogens is 1. The number of carbonyl (C=O) groups is 7. The highest BCUT2D eigenvalue weighted by atomic mass is 19.1. The number of hydrogen-bond acceptors (Lipinski definition) is 12. The van der Waals surface area contributed by atoms with Crippen LogP contribution < -0.4 is 30.3 Å². The Labute approximate surface area is 407 Å². The molecule has 1 aromatic heterocycles. The van der Waals surface area contributed by atoms with Crippen LogP contribution in [-0.2, 0) is 19.2 Å². The van der Waals surface area contributed by atoms with Crippen LogP contribution in [0, 0.1) is 11.2 Å². The SMILES string of the molecule is C=C1CCC(N2C(=O)c3ccc(N4CCN(CC(=O)N5CCN(C(=O)c6cc7nccc(Oc8ccc(NC(=O)C9(C(=O)Nc%10ccc(F)cc%10)CC9)cc8)c7cc6OC)CC5)CC4)cc3C2=O)C(=O)N1. The highest BCUT2D eigenvalue weighted by Gasteiger charge is 2.56. The number of benzene rings is 4. The average Bonchev–Trinajstić information content (AvgIpc) is 4.17. The Morgan fingerprint density at radius 3 is 2.07 bits per heavy atom. The lowest BCUT2D eigenvalue weighted by Crippen LogP contribution is -2.54. The van der Waals surface area contributed by atoms with Crippen molar-refractivity contribution in [1.82, 2.24) is 29.9 Å². The van der Waals surface area contributed by atoms with Crippen molar-refractivity contribution < 1.29 is 47.4 Å². The van der Waals surface area contributed by atoms with Gasteiger partial charge in [-0.2, -0.15) is 0 Å². The maximum atomic E-state index is 14.0. The number of rotatable bonds is 12. The van der Waals surface area contributed by atoms with Crippen molar-refractivity contribution >= 4 is 69.3 Å². The van der Waals surface area contributed by atoms with E-state index in [9.17, 15) is 38.0 Å². The molecule has 4 aliphatic heterocycles. The number of imide groups is 1. The summed E-state index contributed by atoms with van der Waals surface area (Å²) < 4.78 is 25.3. The van der Waals surface area contributed by atoms with E-state index in [-0.39, 0.29) is 29.5 Å². The van der Waals surface area contributed by atoms with E-state index in [0.717, 1.165) is 10.6 Å². The van der Waals surface area contributed by atoms with Crippen LogP contribution >= 0.6 is 0 Å². The van der Waals surface area contributed by atoms with E-state index in [1.165, 1.54) is 31.4 Å². The van der Waals surface area contributed by atoms with Gasteiger partial charge >= 0.3 is 0 Å². The second kappa shape index (κ2) is 19.0. The van der Waals surface area contributed by atoms with Crippen molar-refractivity contribution in [3.05, 3.63) is 126 Å². The van der Waals surface area contributed by atoms with Crippen LogP contribution in [0.15, 0.2) is 103 Å². The number of methoxy groups -OCH3 is 1. The minimum atomic E-state index is -1.21. The summed E-state index contributed by atoms with van der Waals surface area (Å²) in [6.07, 6.45) is 3.17. The number of allylic oxidation sites excluding steroid dienone is 1. The van der Waals surface area contributed by atoms with Crippen LogP contribution in [0.1, 0.15) is 56.8 Å². The normalized spacial score (nSPS) is 18.8. The first-order valence-corrected chi connectivity index (χ1v) is 23.5. The van der Waals surface area contributed by atoms with Gasteiger partial charge in [0.05, 0.1) is 35.9 Å². The molecule has 19 heteroatoms. The van der Waals surface area contributed by atoms with E-state index in [1.54, 1.807) is 70.6 Å². The van der Waals surface area contributed by atoms with Crippen LogP contribution in [0.5, 0.6) is 17.2 Å². The lowest BCUT2D eigenvalue weighted by Gasteiger charge is -2.38. The molecular formula is C52H50FN9O9. The predicted molar refractivity (Wildman–Crippen MR) is 259 cm³/mol. The van der Waals surface area contributed by atoms with E-state index >= 15 is 0 Å². The molecule has 7 amide bonds. The molecule has 364 valence electrons. The molecule has 1 saturated carbocycles. The highest BCUT2D eigenvalue weighted by Crippen LogP contribution is 2.48. The van der Waals surface area contributed by atoms with Crippen molar-refractivity contribution in [3.63, 3.8) is 0 Å². The number of pyridine rings is 1. The number of piperidine rings is 1. The quantitative estimate of drug-likeness (QED) is 0.111. The fraction of sp³-hybridized carbons (Fsp3) is 0.308. The molecule has 0 bridgehead atoms. The first-order valence-electron chi connectivity index (χ1n) is 23.5. The lowest BCUT2D eigenvalue weighted by molar-refractivity contribution is -0.134. The van der Waals surface area contributed by atoms with Crippen molar-refractivity contribution in [2.45, 2.75) is 31.7 Å². The molecule has 1 aliphatic carbocycles. The molecule has 4 aromatic carbocycles. The molecular weight excluding hydrogens is 914 g/mol. The van der Waals surface area contributed by atoms with Gasteiger partial charge in [-0.1, -0.05) is 6.58 Å². The van der Waals surface area contributed by atoms with Gasteiger partial charge < -0.3 is 40.1 Å². The number of anilines is 3. The summed E-state index contributed by atoms with van der Waals surface area (Å²) in [5.41, 5.74) is 2.39. The Balaban J connectivity index is 0.706. The molecule has 1 atom stereocenters. The number of halogens is 1. The van der Waals surface area contributed by atoms with Gasteiger partial charge in [0.25, 0.3) is 17.7 Å². The Morgan fingerprint density at radius 2 is 1.42 bits per heavy atom. The van der Waals surface area contributed by atoms with Crippen molar-refractivity contribution in [1.29, 1.82) is 0 Å². The fourth-order valence-corrected chi connectivity index (χ4v) is 9.54. The second-order valence-electron chi connectivity index (χ2n) is 18.3. The number of hydrogen-bond donors (Lipinski definition) is 3. The van der Waals surface area contributed by atoms with Crippen molar-refractivity contribution in [3.8, 4) is 17.2 Å². The van der Waals surface area contributed by atoms with Crippen molar-refractivity contribution in [2.75, 3.05) is 81.5 Å². The lowest BCUT2D eigenvalue weighted by atomic mass is 10.0. The van der Waals surface area contributed by atoms with Gasteiger partial charge in [-0.15, -0.1) is 0 Å². The fourth-order valence-electron chi connectivity index (χ4n) is 9.54. The highest BCUT2D eigenvalue weighted by molar-refractivity contribution is 6.23. The van der Waals surface area contributed by atoms with Gasteiger partial charge in [0.15, 0.2) is 0 Å². The first kappa shape index (κ1) is 46.5. The Bertz CT molecular complexity index is 3020. The molecule has 10 rings (SSSR count). The summed E-state index contributed by atoms with van der Waals surface area (Å²) in [5, 5.41) is 8.78. The third-order valence-electron chi connectivity index (χ3n) is 13.9. The molecule has 1 unspecified atom stereocenters. The molecule has 71 heavy (non-hydrogen) atoms. The van der Waals surface area contributed by atoms with E-state index < -0.39 is 46.8 Å². The van der Waals surface area contributed by atoms with Gasteiger partial charge in [0.2, 0.25) is 23.6 Å². The first-order chi connectivity index (χ1) is 34.3. The third-order valence-corrected chi connectivity index (χ3v) is 13.9. The van der Waals surface area contributed by atoms with Crippen LogP contribution in [0.2, 0.25) is 0 Å². The standard InChI is InChI=1S/C52H50FN9O9/c1-31-3-14-42(46(64)55-31)62-48(66)37-13-10-35(27-38(37)49(62)67)59-21-19-58(20-22-59)30-45(63)60-23-25-61(26-24-60)47(65)40-28-41-39(29-44(40)70-2)43(15-18-54-41)71-36-11-8-34(9-12-36)57-51(69)52(16-17-52)50(68)56-33-6-4-32(53)5-7-33/h4-13,15,18,27-29,42H,1,3,14,16-17,19-26,30H2,2H3,(H,55,64)(H,56,68)(H,57,69). The van der Waals surface area contributed by atoms with Gasteiger partial charge in [0.1, 0.15) is 34.5 Å². The summed E-state index contributed by atoms with van der Waals surface area (Å²) in [6.45, 7) is 7.80.